The molecule has 1 atom stereocenters. The number of aliphatic hydroxyl groups excluding tert-OH is 1. The van der Waals surface area contributed by atoms with Crippen molar-refractivity contribution in [3.05, 3.63) is 41.5 Å². The van der Waals surface area contributed by atoms with E-state index in [0.29, 0.717) is 5.57 Å². The van der Waals surface area contributed by atoms with Gasteiger partial charge < -0.3 is 9.84 Å². The third-order valence-corrected chi connectivity index (χ3v) is 2.34. The Balaban J connectivity index is 2.36. The summed E-state index contributed by atoms with van der Waals surface area (Å²) in [6.07, 6.45) is 0.679. The Morgan fingerprint density at radius 3 is 2.93 bits per heavy atom. The van der Waals surface area contributed by atoms with E-state index in [1.165, 1.54) is 13.2 Å². The fourth-order valence-electron chi connectivity index (χ4n) is 1.58. The number of carbonyl (C=O) groups is 1. The summed E-state index contributed by atoms with van der Waals surface area (Å²) in [4.78, 5) is 11.0. The van der Waals surface area contributed by atoms with Gasteiger partial charge in [-0.15, -0.1) is 0 Å². The molecule has 0 amide bonds. The summed E-state index contributed by atoms with van der Waals surface area (Å²) in [5.74, 6) is -0.437. The highest BCUT2D eigenvalue weighted by Crippen LogP contribution is 2.43. The Hall–Kier alpha value is -1.61. The summed E-state index contributed by atoms with van der Waals surface area (Å²) in [6, 6.07) is 7.44. The van der Waals surface area contributed by atoms with Crippen LogP contribution in [0.5, 0.6) is 0 Å². The number of hydrogen-bond acceptors (Lipinski definition) is 3. The second-order valence-electron chi connectivity index (χ2n) is 3.11. The summed E-state index contributed by atoms with van der Waals surface area (Å²) in [7, 11) is 1.32. The molecule has 0 spiro atoms. The van der Waals surface area contributed by atoms with Crippen molar-refractivity contribution in [3.63, 3.8) is 0 Å². The molecule has 0 bridgehead atoms. The van der Waals surface area contributed by atoms with Gasteiger partial charge in [-0.2, -0.15) is 0 Å². The molecule has 0 aliphatic heterocycles. The van der Waals surface area contributed by atoms with Crippen molar-refractivity contribution in [2.45, 2.75) is 6.10 Å². The smallest absolute Gasteiger partial charge is 0.330 e. The maximum absolute atomic E-state index is 11.0. The Bertz CT molecular complexity index is 407. The van der Waals surface area contributed by atoms with Gasteiger partial charge in [0.25, 0.3) is 0 Å². The van der Waals surface area contributed by atoms with Gasteiger partial charge in [-0.25, -0.2) is 4.79 Å². The lowest BCUT2D eigenvalue weighted by atomic mass is 9.80. The minimum Gasteiger partial charge on any atom is -0.466 e. The third-order valence-electron chi connectivity index (χ3n) is 2.34. The van der Waals surface area contributed by atoms with Crippen LogP contribution in [0.3, 0.4) is 0 Å². The second kappa shape index (κ2) is 3.27. The van der Waals surface area contributed by atoms with Crippen LogP contribution < -0.4 is 0 Å². The molecule has 0 saturated heterocycles. The van der Waals surface area contributed by atoms with E-state index in [0.717, 1.165) is 11.1 Å². The molecule has 1 aliphatic carbocycles. The zero-order valence-electron chi connectivity index (χ0n) is 7.73. The zero-order chi connectivity index (χ0) is 10.1. The van der Waals surface area contributed by atoms with Crippen molar-refractivity contribution in [2.24, 2.45) is 0 Å². The van der Waals surface area contributed by atoms with Gasteiger partial charge in [0.05, 0.1) is 7.11 Å². The molecule has 3 nitrogen and oxygen atoms in total. The fraction of sp³-hybridized carbons (Fsp3) is 0.182. The van der Waals surface area contributed by atoms with E-state index in [9.17, 15) is 9.90 Å². The van der Waals surface area contributed by atoms with Crippen LogP contribution in [-0.2, 0) is 9.53 Å². The number of hydrogen-bond donors (Lipinski definition) is 1. The van der Waals surface area contributed by atoms with Crippen molar-refractivity contribution in [1.29, 1.82) is 0 Å². The topological polar surface area (TPSA) is 46.5 Å². The fourth-order valence-corrected chi connectivity index (χ4v) is 1.58. The third kappa shape index (κ3) is 1.22. The lowest BCUT2D eigenvalue weighted by Crippen LogP contribution is -2.16. The molecule has 2 rings (SSSR count). The number of aliphatic hydroxyl groups is 1. The predicted molar refractivity (Wildman–Crippen MR) is 51.4 cm³/mol. The molecule has 1 aromatic carbocycles. The average molecular weight is 190 g/mol. The molecule has 0 heterocycles. The molecule has 0 fully saturated rings. The van der Waals surface area contributed by atoms with Crippen LogP contribution in [0.15, 0.2) is 30.3 Å². The van der Waals surface area contributed by atoms with Gasteiger partial charge >= 0.3 is 5.97 Å². The average Bonchev–Trinajstić information content (AvgIpc) is 2.25. The van der Waals surface area contributed by atoms with Crippen LogP contribution in [-0.4, -0.2) is 18.2 Å². The van der Waals surface area contributed by atoms with Crippen LogP contribution in [0.2, 0.25) is 0 Å². The van der Waals surface area contributed by atoms with Crippen molar-refractivity contribution < 1.29 is 14.6 Å². The van der Waals surface area contributed by atoms with E-state index in [1.54, 1.807) is 0 Å². The predicted octanol–water partition coefficient (Wildman–Crippen LogP) is 1.29. The quantitative estimate of drug-likeness (QED) is 0.536. The number of esters is 1. The molecule has 0 radical (unpaired) electrons. The molecule has 1 aliphatic rings. The summed E-state index contributed by atoms with van der Waals surface area (Å²) >= 11 is 0. The van der Waals surface area contributed by atoms with Crippen LogP contribution in [0.25, 0.3) is 5.57 Å². The van der Waals surface area contributed by atoms with Crippen molar-refractivity contribution in [3.8, 4) is 0 Å². The maximum atomic E-state index is 11.0. The van der Waals surface area contributed by atoms with E-state index in [-0.39, 0.29) is 0 Å². The first-order chi connectivity index (χ1) is 6.74. The Morgan fingerprint density at radius 2 is 2.21 bits per heavy atom. The lowest BCUT2D eigenvalue weighted by molar-refractivity contribution is -0.134. The van der Waals surface area contributed by atoms with Crippen molar-refractivity contribution in [2.75, 3.05) is 7.11 Å². The van der Waals surface area contributed by atoms with Crippen LogP contribution in [0.4, 0.5) is 0 Å². The lowest BCUT2D eigenvalue weighted by Gasteiger charge is -2.28. The zero-order valence-corrected chi connectivity index (χ0v) is 7.73. The first kappa shape index (κ1) is 8.97. The van der Waals surface area contributed by atoms with E-state index in [2.05, 4.69) is 4.74 Å². The largest absolute Gasteiger partial charge is 0.466 e. The number of rotatable bonds is 1. The van der Waals surface area contributed by atoms with Gasteiger partial charge in [0.15, 0.2) is 0 Å². The minimum absolute atomic E-state index is 0.437. The number of methoxy groups -OCH3 is 1. The number of carbonyl (C=O) groups excluding carboxylic acids is 1. The van der Waals surface area contributed by atoms with Gasteiger partial charge in [-0.1, -0.05) is 24.3 Å². The van der Waals surface area contributed by atoms with Gasteiger partial charge in [0, 0.05) is 6.08 Å². The summed E-state index contributed by atoms with van der Waals surface area (Å²) in [5, 5.41) is 9.63. The number of benzene rings is 1. The van der Waals surface area contributed by atoms with Crippen LogP contribution in [0, 0.1) is 0 Å². The standard InChI is InChI=1S/C11H10O3/c1-14-10(12)6-9-7-4-2-3-5-8(7)11(9)13/h2-6,11,13H,1H3. The molecule has 3 heteroatoms. The van der Waals surface area contributed by atoms with Gasteiger partial charge in [0.2, 0.25) is 0 Å². The highest BCUT2D eigenvalue weighted by molar-refractivity contribution is 5.96. The van der Waals surface area contributed by atoms with E-state index < -0.39 is 12.1 Å². The number of fused-ring (bicyclic) bond motifs is 1. The molecule has 1 unspecified atom stereocenters. The molecule has 0 aromatic heterocycles. The summed E-state index contributed by atoms with van der Waals surface area (Å²) in [5.41, 5.74) is 2.42. The molecule has 0 saturated carbocycles. The normalized spacial score (nSPS) is 21.3. The second-order valence-corrected chi connectivity index (χ2v) is 3.11. The van der Waals surface area contributed by atoms with E-state index in [1.807, 2.05) is 24.3 Å². The van der Waals surface area contributed by atoms with Gasteiger partial charge in [0.1, 0.15) is 6.10 Å². The SMILES string of the molecule is COC(=O)C=C1c2ccccc2C1O. The Labute approximate surface area is 81.6 Å². The van der Waals surface area contributed by atoms with Crippen molar-refractivity contribution in [1.82, 2.24) is 0 Å². The first-order valence-electron chi connectivity index (χ1n) is 4.31. The Kier molecular flexibility index (Phi) is 2.09. The van der Waals surface area contributed by atoms with Crippen molar-refractivity contribution >= 4 is 11.5 Å². The minimum atomic E-state index is -0.648. The van der Waals surface area contributed by atoms with Crippen LogP contribution in [0.1, 0.15) is 17.2 Å². The number of ether oxygens (including phenoxy) is 1. The van der Waals surface area contributed by atoms with E-state index in [4.69, 9.17) is 0 Å². The Morgan fingerprint density at radius 1 is 1.50 bits per heavy atom. The molecule has 14 heavy (non-hydrogen) atoms. The van der Waals surface area contributed by atoms with Crippen LogP contribution >= 0.6 is 0 Å². The highest BCUT2D eigenvalue weighted by atomic mass is 16.5. The first-order valence-corrected chi connectivity index (χ1v) is 4.31. The molecule has 72 valence electrons. The van der Waals surface area contributed by atoms with Gasteiger partial charge in [-0.3, -0.25) is 0 Å². The highest BCUT2D eigenvalue weighted by Gasteiger charge is 2.30. The maximum Gasteiger partial charge on any atom is 0.330 e. The molecule has 1 N–H and O–H groups in total. The molecule has 1 aromatic rings. The summed E-state index contributed by atoms with van der Waals surface area (Å²) < 4.78 is 4.49. The summed E-state index contributed by atoms with van der Waals surface area (Å²) in [6.45, 7) is 0. The monoisotopic (exact) mass is 190 g/mol. The van der Waals surface area contributed by atoms with E-state index >= 15 is 0 Å². The van der Waals surface area contributed by atoms with Gasteiger partial charge in [-0.05, 0) is 16.7 Å². The molecular formula is C11H10O3. The molecular weight excluding hydrogens is 180 g/mol.